The molecule has 0 saturated heterocycles. The number of hydrogen-bond donors (Lipinski definition) is 1. The number of amides is 1. The summed E-state index contributed by atoms with van der Waals surface area (Å²) < 4.78 is 14.9. The van der Waals surface area contributed by atoms with E-state index in [0.29, 0.717) is 6.54 Å². The van der Waals surface area contributed by atoms with Crippen molar-refractivity contribution in [2.24, 2.45) is 0 Å². The Kier molecular flexibility index (Phi) is 7.78. The van der Waals surface area contributed by atoms with Crippen LogP contribution in [0.3, 0.4) is 0 Å². The van der Waals surface area contributed by atoms with Gasteiger partial charge in [-0.15, -0.1) is 0 Å². The number of rotatable bonds is 7. The van der Waals surface area contributed by atoms with Gasteiger partial charge in [-0.05, 0) is 27.2 Å². The molecule has 0 aromatic heterocycles. The third kappa shape index (κ3) is 7.67. The molecule has 104 valence electrons. The number of carbonyl (C=O) groups excluding carboxylic acids is 2. The first-order valence-corrected chi connectivity index (χ1v) is 5.83. The minimum absolute atomic E-state index is 0.278. The second-order valence-corrected chi connectivity index (χ2v) is 3.79. The minimum Gasteiger partial charge on any atom is -0.433 e. The van der Waals surface area contributed by atoms with Crippen molar-refractivity contribution in [1.29, 1.82) is 0 Å². The van der Waals surface area contributed by atoms with Crippen molar-refractivity contribution < 1.29 is 23.8 Å². The van der Waals surface area contributed by atoms with Crippen molar-refractivity contribution in [1.82, 2.24) is 5.32 Å². The van der Waals surface area contributed by atoms with Crippen LogP contribution < -0.4 is 5.32 Å². The molecule has 18 heavy (non-hydrogen) atoms. The highest BCUT2D eigenvalue weighted by Gasteiger charge is 2.16. The highest BCUT2D eigenvalue weighted by atomic mass is 16.8. The maximum atomic E-state index is 11.2. The number of carbonyl (C=O) groups is 2. The van der Waals surface area contributed by atoms with Crippen molar-refractivity contribution in [2.45, 2.75) is 46.7 Å². The van der Waals surface area contributed by atoms with Crippen molar-refractivity contribution in [3.8, 4) is 0 Å². The average molecular weight is 259 g/mol. The molecule has 0 aliphatic heterocycles. The Balaban J connectivity index is 3.93. The summed E-state index contributed by atoms with van der Waals surface area (Å²) in [7, 11) is 0. The SMILES string of the molecule is C=C(C)C(=O)OC(C)OC(C)OC(=O)NCCC. The minimum atomic E-state index is -0.817. The molecule has 6 nitrogen and oxygen atoms in total. The Hall–Kier alpha value is -1.56. The van der Waals surface area contributed by atoms with E-state index in [0.717, 1.165) is 6.42 Å². The molecule has 1 amide bonds. The van der Waals surface area contributed by atoms with Crippen LogP contribution in [-0.4, -0.2) is 31.2 Å². The Morgan fingerprint density at radius 2 is 1.78 bits per heavy atom. The molecule has 0 aliphatic rings. The maximum Gasteiger partial charge on any atom is 0.409 e. The molecule has 0 spiro atoms. The first-order valence-electron chi connectivity index (χ1n) is 5.83. The number of ether oxygens (including phenoxy) is 3. The van der Waals surface area contributed by atoms with Crippen molar-refractivity contribution in [3.63, 3.8) is 0 Å². The Morgan fingerprint density at radius 3 is 2.28 bits per heavy atom. The highest BCUT2D eigenvalue weighted by molar-refractivity contribution is 5.86. The van der Waals surface area contributed by atoms with E-state index in [4.69, 9.17) is 14.2 Å². The lowest BCUT2D eigenvalue weighted by Gasteiger charge is -2.19. The second kappa shape index (κ2) is 8.52. The molecule has 0 aliphatic carbocycles. The van der Waals surface area contributed by atoms with Crippen molar-refractivity contribution in [3.05, 3.63) is 12.2 Å². The van der Waals surface area contributed by atoms with E-state index in [9.17, 15) is 9.59 Å². The molecule has 0 heterocycles. The van der Waals surface area contributed by atoms with Gasteiger partial charge in [0, 0.05) is 12.1 Å². The van der Waals surface area contributed by atoms with Crippen molar-refractivity contribution >= 4 is 12.1 Å². The standard InChI is InChI=1S/C12H21NO5/c1-6-7-13-12(15)18-10(5)16-9(4)17-11(14)8(2)3/h9-10H,2,6-7H2,1,3-5H3,(H,13,15). The van der Waals surface area contributed by atoms with Crippen LogP contribution in [0, 0.1) is 0 Å². The van der Waals surface area contributed by atoms with Gasteiger partial charge in [0.05, 0.1) is 0 Å². The smallest absolute Gasteiger partial charge is 0.409 e. The summed E-state index contributed by atoms with van der Waals surface area (Å²) in [6.45, 7) is 10.5. The molecule has 0 radical (unpaired) electrons. The molecular formula is C12H21NO5. The molecule has 2 atom stereocenters. The first kappa shape index (κ1) is 16.4. The zero-order chi connectivity index (χ0) is 14.1. The van der Waals surface area contributed by atoms with Crippen LogP contribution in [0.25, 0.3) is 0 Å². The van der Waals surface area contributed by atoms with E-state index < -0.39 is 24.6 Å². The fraction of sp³-hybridized carbons (Fsp3) is 0.667. The molecule has 6 heteroatoms. The molecule has 0 fully saturated rings. The zero-order valence-corrected chi connectivity index (χ0v) is 11.3. The van der Waals surface area contributed by atoms with Crippen LogP contribution in [0.5, 0.6) is 0 Å². The number of nitrogens with one attached hydrogen (secondary N) is 1. The monoisotopic (exact) mass is 259 g/mol. The van der Waals surface area contributed by atoms with Gasteiger partial charge in [0.1, 0.15) is 0 Å². The van der Waals surface area contributed by atoms with E-state index in [1.54, 1.807) is 0 Å². The molecular weight excluding hydrogens is 238 g/mol. The van der Waals surface area contributed by atoms with Crippen LogP contribution >= 0.6 is 0 Å². The molecule has 0 aromatic carbocycles. The van der Waals surface area contributed by atoms with E-state index in [1.165, 1.54) is 20.8 Å². The highest BCUT2D eigenvalue weighted by Crippen LogP contribution is 2.04. The largest absolute Gasteiger partial charge is 0.433 e. The van der Waals surface area contributed by atoms with E-state index in [-0.39, 0.29) is 5.57 Å². The topological polar surface area (TPSA) is 73.9 Å². The van der Waals surface area contributed by atoms with E-state index in [1.807, 2.05) is 6.92 Å². The van der Waals surface area contributed by atoms with Gasteiger partial charge < -0.3 is 19.5 Å². The average Bonchev–Trinajstić information content (AvgIpc) is 2.25. The summed E-state index contributed by atoms with van der Waals surface area (Å²) in [5, 5.41) is 2.53. The van der Waals surface area contributed by atoms with E-state index in [2.05, 4.69) is 11.9 Å². The molecule has 1 N–H and O–H groups in total. The number of hydrogen-bond acceptors (Lipinski definition) is 5. The van der Waals surface area contributed by atoms with Crippen LogP contribution in [-0.2, 0) is 19.0 Å². The summed E-state index contributed by atoms with van der Waals surface area (Å²) in [6.07, 6.45) is -1.38. The lowest BCUT2D eigenvalue weighted by Crippen LogP contribution is -2.32. The lowest BCUT2D eigenvalue weighted by molar-refractivity contribution is -0.211. The number of alkyl carbamates (subject to hydrolysis) is 1. The summed E-state index contributed by atoms with van der Waals surface area (Å²) >= 11 is 0. The fourth-order valence-electron chi connectivity index (χ4n) is 0.996. The normalized spacial score (nSPS) is 13.3. The molecule has 0 aromatic rings. The van der Waals surface area contributed by atoms with Gasteiger partial charge in [-0.25, -0.2) is 9.59 Å². The van der Waals surface area contributed by atoms with Crippen molar-refractivity contribution in [2.75, 3.05) is 6.54 Å². The molecule has 0 rings (SSSR count). The van der Waals surface area contributed by atoms with Gasteiger partial charge in [-0.2, -0.15) is 0 Å². The quantitative estimate of drug-likeness (QED) is 0.430. The Labute approximate surface area is 107 Å². The summed E-state index contributed by atoms with van der Waals surface area (Å²) in [5.41, 5.74) is 0.278. The predicted octanol–water partition coefficient (Wildman–Crippen LogP) is 1.95. The predicted molar refractivity (Wildman–Crippen MR) is 65.7 cm³/mol. The van der Waals surface area contributed by atoms with Crippen LogP contribution in [0.1, 0.15) is 34.1 Å². The Bertz CT molecular complexity index is 303. The Morgan fingerprint density at radius 1 is 1.22 bits per heavy atom. The summed E-state index contributed by atoms with van der Waals surface area (Å²) in [4.78, 5) is 22.4. The third-order valence-corrected chi connectivity index (χ3v) is 1.80. The summed E-state index contributed by atoms with van der Waals surface area (Å²) in [5.74, 6) is -0.551. The molecule has 2 unspecified atom stereocenters. The van der Waals surface area contributed by atoms with Crippen LogP contribution in [0.4, 0.5) is 4.79 Å². The van der Waals surface area contributed by atoms with E-state index >= 15 is 0 Å². The zero-order valence-electron chi connectivity index (χ0n) is 11.3. The molecule has 0 bridgehead atoms. The molecule has 0 saturated carbocycles. The summed E-state index contributed by atoms with van der Waals surface area (Å²) in [6, 6.07) is 0. The second-order valence-electron chi connectivity index (χ2n) is 3.79. The number of esters is 1. The van der Waals surface area contributed by atoms with Crippen LogP contribution in [0.15, 0.2) is 12.2 Å². The maximum absolute atomic E-state index is 11.2. The first-order chi connectivity index (χ1) is 8.36. The van der Waals surface area contributed by atoms with Gasteiger partial charge in [-0.3, -0.25) is 0 Å². The van der Waals surface area contributed by atoms with Gasteiger partial charge in [0.2, 0.25) is 12.6 Å². The van der Waals surface area contributed by atoms with Gasteiger partial charge >= 0.3 is 12.1 Å². The fourth-order valence-corrected chi connectivity index (χ4v) is 0.996. The van der Waals surface area contributed by atoms with Crippen LogP contribution in [0.2, 0.25) is 0 Å². The van der Waals surface area contributed by atoms with Gasteiger partial charge in [-0.1, -0.05) is 13.5 Å². The van der Waals surface area contributed by atoms with Gasteiger partial charge in [0.25, 0.3) is 0 Å². The van der Waals surface area contributed by atoms with Gasteiger partial charge in [0.15, 0.2) is 0 Å². The lowest BCUT2D eigenvalue weighted by atomic mass is 10.4. The third-order valence-electron chi connectivity index (χ3n) is 1.80.